The van der Waals surface area contributed by atoms with E-state index in [1.54, 1.807) is 42.2 Å². The molecule has 5 rings (SSSR count). The van der Waals surface area contributed by atoms with Gasteiger partial charge in [-0.1, -0.05) is 11.3 Å². The number of hydrogen-bond acceptors (Lipinski definition) is 8. The van der Waals surface area contributed by atoms with Crippen molar-refractivity contribution in [1.29, 1.82) is 0 Å². The molecule has 32 heavy (non-hydrogen) atoms. The van der Waals surface area contributed by atoms with Gasteiger partial charge in [0.2, 0.25) is 11.8 Å². The van der Waals surface area contributed by atoms with E-state index in [2.05, 4.69) is 25.6 Å². The van der Waals surface area contributed by atoms with Crippen LogP contribution in [0.1, 0.15) is 31.2 Å². The molecule has 4 aromatic rings. The number of nitrogens with zero attached hydrogens (tertiary/aromatic N) is 4. The molecule has 0 spiro atoms. The quantitative estimate of drug-likeness (QED) is 0.456. The minimum absolute atomic E-state index is 0.0940. The lowest BCUT2D eigenvalue weighted by atomic mass is 10.2. The molecule has 0 unspecified atom stereocenters. The Labute approximate surface area is 187 Å². The molecule has 10 heteroatoms. The standard InChI is InChI=1S/C22H20N6O3S/c1-12(29)25-19-8-15(5-6-23-19)31-20-9-18-17(10-24-20)27-22(32-18)26-16-7-14(13-3-4-13)11-28(2)21(16)30/h5-11,13H,3-4H2,1-2H3,(H,26,27)(H,23,25,29). The highest BCUT2D eigenvalue weighted by molar-refractivity contribution is 7.22. The molecule has 9 nitrogen and oxygen atoms in total. The first kappa shape index (κ1) is 20.1. The number of nitrogens with one attached hydrogen (secondary N) is 2. The molecule has 4 heterocycles. The molecule has 0 aromatic carbocycles. The first-order chi connectivity index (χ1) is 15.4. The molecule has 162 valence electrons. The number of thiazole rings is 1. The van der Waals surface area contributed by atoms with Crippen molar-refractivity contribution in [3.05, 3.63) is 58.8 Å². The van der Waals surface area contributed by atoms with Gasteiger partial charge in [-0.3, -0.25) is 9.59 Å². The third kappa shape index (κ3) is 4.30. The average molecular weight is 449 g/mol. The highest BCUT2D eigenvalue weighted by Crippen LogP contribution is 2.40. The molecule has 0 bridgehead atoms. The van der Waals surface area contributed by atoms with E-state index in [0.717, 1.165) is 17.5 Å². The van der Waals surface area contributed by atoms with Crippen LogP contribution in [-0.2, 0) is 11.8 Å². The van der Waals surface area contributed by atoms with E-state index < -0.39 is 0 Å². The number of pyridine rings is 3. The second kappa shape index (κ2) is 8.04. The maximum atomic E-state index is 12.5. The Morgan fingerprint density at radius 3 is 2.88 bits per heavy atom. The molecule has 1 aliphatic rings. The maximum absolute atomic E-state index is 12.5. The number of anilines is 3. The van der Waals surface area contributed by atoms with Crippen molar-refractivity contribution >= 4 is 44.1 Å². The number of aryl methyl sites for hydroxylation is 1. The van der Waals surface area contributed by atoms with Gasteiger partial charge in [0.1, 0.15) is 22.8 Å². The van der Waals surface area contributed by atoms with Crippen LogP contribution in [0.2, 0.25) is 0 Å². The summed E-state index contributed by atoms with van der Waals surface area (Å²) in [5.41, 5.74) is 2.30. The Kier molecular flexibility index (Phi) is 5.06. The second-order valence-electron chi connectivity index (χ2n) is 7.67. The van der Waals surface area contributed by atoms with Crippen LogP contribution in [-0.4, -0.2) is 25.4 Å². The maximum Gasteiger partial charge on any atom is 0.274 e. The lowest BCUT2D eigenvalue weighted by Crippen LogP contribution is -2.19. The number of ether oxygens (including phenoxy) is 1. The lowest BCUT2D eigenvalue weighted by Gasteiger charge is -2.08. The number of carbonyl (C=O) groups excluding carboxylic acids is 1. The molecule has 2 N–H and O–H groups in total. The molecule has 0 radical (unpaired) electrons. The van der Waals surface area contributed by atoms with Gasteiger partial charge in [-0.2, -0.15) is 0 Å². The largest absolute Gasteiger partial charge is 0.439 e. The minimum Gasteiger partial charge on any atom is -0.439 e. The predicted molar refractivity (Wildman–Crippen MR) is 123 cm³/mol. The number of rotatable bonds is 6. The number of fused-ring (bicyclic) bond motifs is 1. The summed E-state index contributed by atoms with van der Waals surface area (Å²) >= 11 is 1.41. The Hall–Kier alpha value is -3.79. The predicted octanol–water partition coefficient (Wildman–Crippen LogP) is 4.16. The van der Waals surface area contributed by atoms with Crippen LogP contribution >= 0.6 is 11.3 Å². The van der Waals surface area contributed by atoms with Gasteiger partial charge in [0, 0.05) is 38.5 Å². The SMILES string of the molecule is CC(=O)Nc1cc(Oc2cc3sc(Nc4cc(C5CC5)cn(C)c4=O)nc3cn2)ccn1. The number of aromatic nitrogens is 4. The van der Waals surface area contributed by atoms with Gasteiger partial charge < -0.3 is 19.9 Å². The zero-order chi connectivity index (χ0) is 22.2. The van der Waals surface area contributed by atoms with Gasteiger partial charge >= 0.3 is 0 Å². The molecule has 1 fully saturated rings. The molecular weight excluding hydrogens is 428 g/mol. The molecule has 1 amide bonds. The van der Waals surface area contributed by atoms with Gasteiger partial charge in [0.05, 0.1) is 10.9 Å². The molecule has 1 saturated carbocycles. The summed E-state index contributed by atoms with van der Waals surface area (Å²) < 4.78 is 8.30. The fourth-order valence-corrected chi connectivity index (χ4v) is 4.23. The topological polar surface area (TPSA) is 111 Å². The first-order valence-corrected chi connectivity index (χ1v) is 10.9. The lowest BCUT2D eigenvalue weighted by molar-refractivity contribution is -0.114. The van der Waals surface area contributed by atoms with Crippen LogP contribution in [0.25, 0.3) is 10.2 Å². The normalized spacial score (nSPS) is 13.2. The Morgan fingerprint density at radius 1 is 1.25 bits per heavy atom. The van der Waals surface area contributed by atoms with Crippen LogP contribution in [0.15, 0.2) is 47.7 Å². The fourth-order valence-electron chi connectivity index (χ4n) is 3.35. The summed E-state index contributed by atoms with van der Waals surface area (Å²) in [6, 6.07) is 7.01. The Bertz CT molecular complexity index is 1390. The van der Waals surface area contributed by atoms with Gasteiger partial charge in [-0.05, 0) is 36.5 Å². The molecule has 0 aliphatic heterocycles. The summed E-state index contributed by atoms with van der Waals surface area (Å²) in [4.78, 5) is 36.7. The van der Waals surface area contributed by atoms with E-state index in [9.17, 15) is 9.59 Å². The van der Waals surface area contributed by atoms with Gasteiger partial charge in [-0.15, -0.1) is 0 Å². The van der Waals surface area contributed by atoms with Crippen molar-refractivity contribution in [1.82, 2.24) is 19.5 Å². The second-order valence-corrected chi connectivity index (χ2v) is 8.70. The minimum atomic E-state index is -0.212. The van der Waals surface area contributed by atoms with E-state index in [1.807, 2.05) is 12.3 Å². The van der Waals surface area contributed by atoms with Crippen LogP contribution in [0.4, 0.5) is 16.6 Å². The Balaban J connectivity index is 1.38. The zero-order valence-corrected chi connectivity index (χ0v) is 18.3. The van der Waals surface area contributed by atoms with Gasteiger partial charge in [-0.25, -0.2) is 15.0 Å². The van der Waals surface area contributed by atoms with Crippen LogP contribution < -0.4 is 20.9 Å². The van der Waals surface area contributed by atoms with E-state index in [4.69, 9.17) is 4.74 Å². The van der Waals surface area contributed by atoms with Gasteiger partial charge in [0.15, 0.2) is 5.13 Å². The van der Waals surface area contributed by atoms with Gasteiger partial charge in [0.25, 0.3) is 5.56 Å². The summed E-state index contributed by atoms with van der Waals surface area (Å²) in [7, 11) is 1.77. The van der Waals surface area contributed by atoms with Crippen LogP contribution in [0.3, 0.4) is 0 Å². The Morgan fingerprint density at radius 2 is 2.09 bits per heavy atom. The number of amides is 1. The smallest absolute Gasteiger partial charge is 0.274 e. The van der Waals surface area contributed by atoms with Crippen molar-refractivity contribution in [3.63, 3.8) is 0 Å². The highest BCUT2D eigenvalue weighted by Gasteiger charge is 2.25. The van der Waals surface area contributed by atoms with Crippen molar-refractivity contribution < 1.29 is 9.53 Å². The van der Waals surface area contributed by atoms with E-state index in [0.29, 0.717) is 39.7 Å². The summed E-state index contributed by atoms with van der Waals surface area (Å²) in [6.45, 7) is 1.41. The van der Waals surface area contributed by atoms with E-state index in [1.165, 1.54) is 23.8 Å². The van der Waals surface area contributed by atoms with E-state index >= 15 is 0 Å². The summed E-state index contributed by atoms with van der Waals surface area (Å²) in [5, 5.41) is 6.41. The monoisotopic (exact) mass is 448 g/mol. The molecule has 1 aliphatic carbocycles. The third-order valence-electron chi connectivity index (χ3n) is 5.00. The number of hydrogen-bond donors (Lipinski definition) is 2. The first-order valence-electron chi connectivity index (χ1n) is 10.1. The van der Waals surface area contributed by atoms with Crippen molar-refractivity contribution in [3.8, 4) is 11.6 Å². The fraction of sp³-hybridized carbons (Fsp3) is 0.227. The zero-order valence-electron chi connectivity index (χ0n) is 17.5. The van der Waals surface area contributed by atoms with Crippen molar-refractivity contribution in [2.45, 2.75) is 25.7 Å². The third-order valence-corrected chi connectivity index (χ3v) is 5.94. The van der Waals surface area contributed by atoms with Crippen molar-refractivity contribution in [2.75, 3.05) is 10.6 Å². The summed E-state index contributed by atoms with van der Waals surface area (Å²) in [5.74, 6) is 1.62. The van der Waals surface area contributed by atoms with Crippen LogP contribution in [0, 0.1) is 0 Å². The number of carbonyl (C=O) groups is 1. The average Bonchev–Trinajstić information content (AvgIpc) is 3.51. The molecular formula is C22H20N6O3S. The summed E-state index contributed by atoms with van der Waals surface area (Å²) in [6.07, 6.45) is 7.41. The van der Waals surface area contributed by atoms with Crippen LogP contribution in [0.5, 0.6) is 11.6 Å². The molecule has 4 aromatic heterocycles. The molecule has 0 saturated heterocycles. The molecule has 0 atom stereocenters. The highest BCUT2D eigenvalue weighted by atomic mass is 32.1. The van der Waals surface area contributed by atoms with E-state index in [-0.39, 0.29) is 11.5 Å². The van der Waals surface area contributed by atoms with Crippen molar-refractivity contribution in [2.24, 2.45) is 7.05 Å².